The molecule has 1 aromatic heterocycles. The zero-order chi connectivity index (χ0) is 10.7. The Labute approximate surface area is 101 Å². The van der Waals surface area contributed by atoms with Gasteiger partial charge in [-0.2, -0.15) is 0 Å². The third-order valence-electron chi connectivity index (χ3n) is 2.46. The molecular weight excluding hydrogens is 276 g/mol. The molecule has 2 heterocycles. The van der Waals surface area contributed by atoms with Crippen LogP contribution in [0.3, 0.4) is 0 Å². The molecule has 0 unspecified atom stereocenters. The quantitative estimate of drug-likeness (QED) is 0.874. The Morgan fingerprint density at radius 2 is 2.53 bits per heavy atom. The van der Waals surface area contributed by atoms with Gasteiger partial charge in [0.2, 0.25) is 0 Å². The van der Waals surface area contributed by atoms with Crippen LogP contribution in [0.25, 0.3) is 0 Å². The van der Waals surface area contributed by atoms with E-state index in [0.717, 1.165) is 35.3 Å². The van der Waals surface area contributed by atoms with Crippen LogP contribution in [-0.2, 0) is 0 Å². The summed E-state index contributed by atoms with van der Waals surface area (Å²) in [5, 5.41) is 8.23. The number of piperidine rings is 1. The van der Waals surface area contributed by atoms with Crippen LogP contribution in [0, 0.1) is 0 Å². The Bertz CT molecular complexity index is 347. The summed E-state index contributed by atoms with van der Waals surface area (Å²) in [5.41, 5.74) is 0. The van der Waals surface area contributed by atoms with E-state index >= 15 is 0 Å². The molecule has 1 amide bonds. The van der Waals surface area contributed by atoms with Crippen molar-refractivity contribution in [1.82, 2.24) is 10.6 Å². The first-order valence-electron chi connectivity index (χ1n) is 5.02. The van der Waals surface area contributed by atoms with Gasteiger partial charge in [0.1, 0.15) is 4.88 Å². The second-order valence-electron chi connectivity index (χ2n) is 3.61. The summed E-state index contributed by atoms with van der Waals surface area (Å²) in [6.07, 6.45) is 2.21. The molecule has 2 rings (SSSR count). The molecule has 1 aliphatic rings. The molecule has 82 valence electrons. The zero-order valence-corrected chi connectivity index (χ0v) is 10.7. The van der Waals surface area contributed by atoms with Gasteiger partial charge in [-0.15, -0.1) is 11.3 Å². The summed E-state index contributed by atoms with van der Waals surface area (Å²) in [5.74, 6) is 0.0329. The molecule has 3 nitrogen and oxygen atoms in total. The zero-order valence-electron chi connectivity index (χ0n) is 8.25. The Balaban J connectivity index is 1.94. The molecule has 0 aliphatic carbocycles. The van der Waals surface area contributed by atoms with E-state index in [4.69, 9.17) is 0 Å². The van der Waals surface area contributed by atoms with Crippen molar-refractivity contribution in [2.45, 2.75) is 18.9 Å². The summed E-state index contributed by atoms with van der Waals surface area (Å²) < 4.78 is 0.883. The number of carbonyl (C=O) groups is 1. The summed E-state index contributed by atoms with van der Waals surface area (Å²) in [6.45, 7) is 1.95. The van der Waals surface area contributed by atoms with Gasteiger partial charge >= 0.3 is 0 Å². The maximum absolute atomic E-state index is 11.8. The van der Waals surface area contributed by atoms with Crippen molar-refractivity contribution in [3.05, 3.63) is 20.8 Å². The molecule has 0 radical (unpaired) electrons. The highest BCUT2D eigenvalue weighted by Crippen LogP contribution is 2.22. The Morgan fingerprint density at radius 1 is 1.67 bits per heavy atom. The van der Waals surface area contributed by atoms with Crippen molar-refractivity contribution in [2.24, 2.45) is 0 Å². The lowest BCUT2D eigenvalue weighted by Crippen LogP contribution is -2.45. The Hall–Kier alpha value is -0.390. The fourth-order valence-corrected chi connectivity index (χ4v) is 3.14. The number of hydrogen-bond acceptors (Lipinski definition) is 3. The standard InChI is InChI=1S/C10H13BrN2OS/c11-8-3-5-15-9(8)10(14)13-7-2-1-4-12-6-7/h3,5,7,12H,1-2,4,6H2,(H,13,14)/t7-/m0/s1. The Morgan fingerprint density at radius 3 is 3.13 bits per heavy atom. The lowest BCUT2D eigenvalue weighted by molar-refractivity contribution is 0.0934. The van der Waals surface area contributed by atoms with Gasteiger partial charge in [0, 0.05) is 17.1 Å². The third kappa shape index (κ3) is 2.80. The molecule has 15 heavy (non-hydrogen) atoms. The van der Waals surface area contributed by atoms with Crippen LogP contribution in [0.1, 0.15) is 22.5 Å². The van der Waals surface area contributed by atoms with Crippen molar-refractivity contribution in [2.75, 3.05) is 13.1 Å². The number of amides is 1. The lowest BCUT2D eigenvalue weighted by atomic mass is 10.1. The van der Waals surface area contributed by atoms with E-state index in [1.54, 1.807) is 0 Å². The van der Waals surface area contributed by atoms with Crippen LogP contribution in [0.5, 0.6) is 0 Å². The minimum absolute atomic E-state index is 0.0329. The van der Waals surface area contributed by atoms with Gasteiger partial charge in [-0.1, -0.05) is 0 Å². The van der Waals surface area contributed by atoms with Crippen LogP contribution < -0.4 is 10.6 Å². The molecule has 0 saturated carbocycles. The lowest BCUT2D eigenvalue weighted by Gasteiger charge is -2.23. The van der Waals surface area contributed by atoms with Crippen molar-refractivity contribution in [1.29, 1.82) is 0 Å². The molecule has 1 fully saturated rings. The van der Waals surface area contributed by atoms with Crippen LogP contribution in [0.2, 0.25) is 0 Å². The Kier molecular flexibility index (Phi) is 3.77. The van der Waals surface area contributed by atoms with Crippen LogP contribution in [0.15, 0.2) is 15.9 Å². The minimum Gasteiger partial charge on any atom is -0.347 e. The number of nitrogens with one attached hydrogen (secondary N) is 2. The van der Waals surface area contributed by atoms with Crippen molar-refractivity contribution >= 4 is 33.2 Å². The number of hydrogen-bond donors (Lipinski definition) is 2. The molecule has 2 N–H and O–H groups in total. The average Bonchev–Trinajstić information content (AvgIpc) is 2.66. The normalized spacial score (nSPS) is 21.3. The van der Waals surface area contributed by atoms with Gasteiger partial charge in [0.15, 0.2) is 0 Å². The smallest absolute Gasteiger partial charge is 0.262 e. The third-order valence-corrected chi connectivity index (χ3v) is 4.29. The predicted molar refractivity (Wildman–Crippen MR) is 65.4 cm³/mol. The molecular formula is C10H13BrN2OS. The average molecular weight is 289 g/mol. The predicted octanol–water partition coefficient (Wildman–Crippen LogP) is 1.99. The minimum atomic E-state index is 0.0329. The summed E-state index contributed by atoms with van der Waals surface area (Å²) in [6, 6.07) is 2.18. The number of halogens is 1. The molecule has 0 spiro atoms. The van der Waals surface area contributed by atoms with Gasteiger partial charge < -0.3 is 10.6 Å². The van der Waals surface area contributed by atoms with Crippen molar-refractivity contribution in [3.8, 4) is 0 Å². The van der Waals surface area contributed by atoms with Gasteiger partial charge in [0.25, 0.3) is 5.91 Å². The monoisotopic (exact) mass is 288 g/mol. The highest BCUT2D eigenvalue weighted by Gasteiger charge is 2.18. The first-order valence-corrected chi connectivity index (χ1v) is 6.69. The maximum atomic E-state index is 11.8. The van der Waals surface area contributed by atoms with Crippen molar-refractivity contribution < 1.29 is 4.79 Å². The number of thiophene rings is 1. The number of rotatable bonds is 2. The molecule has 0 bridgehead atoms. The summed E-state index contributed by atoms with van der Waals surface area (Å²) in [4.78, 5) is 12.6. The van der Waals surface area contributed by atoms with Gasteiger partial charge in [-0.3, -0.25) is 4.79 Å². The summed E-state index contributed by atoms with van der Waals surface area (Å²) >= 11 is 4.83. The molecule has 1 saturated heterocycles. The molecule has 5 heteroatoms. The fourth-order valence-electron chi connectivity index (χ4n) is 1.68. The SMILES string of the molecule is O=C(N[C@H]1CCCNC1)c1sccc1Br. The second kappa shape index (κ2) is 5.09. The van der Waals surface area contributed by atoms with Crippen molar-refractivity contribution in [3.63, 3.8) is 0 Å². The summed E-state index contributed by atoms with van der Waals surface area (Å²) in [7, 11) is 0. The highest BCUT2D eigenvalue weighted by atomic mass is 79.9. The highest BCUT2D eigenvalue weighted by molar-refractivity contribution is 9.10. The first-order chi connectivity index (χ1) is 7.27. The van der Waals surface area contributed by atoms with Gasteiger partial charge in [0.05, 0.1) is 0 Å². The molecule has 1 aliphatic heterocycles. The van der Waals surface area contributed by atoms with E-state index in [1.165, 1.54) is 11.3 Å². The van der Waals surface area contributed by atoms with Gasteiger partial charge in [-0.05, 0) is 46.8 Å². The van der Waals surface area contributed by atoms with Gasteiger partial charge in [-0.25, -0.2) is 0 Å². The second-order valence-corrected chi connectivity index (χ2v) is 5.38. The van der Waals surface area contributed by atoms with Crippen LogP contribution >= 0.6 is 27.3 Å². The van der Waals surface area contributed by atoms with Crippen LogP contribution in [0.4, 0.5) is 0 Å². The van der Waals surface area contributed by atoms with E-state index in [9.17, 15) is 4.79 Å². The van der Waals surface area contributed by atoms with E-state index in [0.29, 0.717) is 0 Å². The van der Waals surface area contributed by atoms with E-state index < -0.39 is 0 Å². The molecule has 1 aromatic rings. The van der Waals surface area contributed by atoms with E-state index in [-0.39, 0.29) is 11.9 Å². The maximum Gasteiger partial charge on any atom is 0.262 e. The molecule has 1 atom stereocenters. The fraction of sp³-hybridized carbons (Fsp3) is 0.500. The molecule has 0 aromatic carbocycles. The largest absolute Gasteiger partial charge is 0.347 e. The van der Waals surface area contributed by atoms with E-state index in [2.05, 4.69) is 26.6 Å². The topological polar surface area (TPSA) is 41.1 Å². The van der Waals surface area contributed by atoms with E-state index in [1.807, 2.05) is 11.4 Å². The first kappa shape index (κ1) is 11.1. The van der Waals surface area contributed by atoms with Crippen LogP contribution in [-0.4, -0.2) is 25.0 Å². The number of carbonyl (C=O) groups excluding carboxylic acids is 1.